The molecule has 0 aromatic carbocycles. The molecule has 16 heavy (non-hydrogen) atoms. The van der Waals surface area contributed by atoms with Crippen LogP contribution >= 0.6 is 23.4 Å². The molecule has 1 aromatic heterocycles. The SMILES string of the molecule is CCCc1cc(Cl)nc(CSC(C)(C)C)n1. The van der Waals surface area contributed by atoms with Gasteiger partial charge in [-0.2, -0.15) is 0 Å². The van der Waals surface area contributed by atoms with Gasteiger partial charge in [-0.05, 0) is 12.5 Å². The van der Waals surface area contributed by atoms with Crippen molar-refractivity contribution in [3.8, 4) is 0 Å². The van der Waals surface area contributed by atoms with Gasteiger partial charge in [0.1, 0.15) is 11.0 Å². The largest absolute Gasteiger partial charge is 0.237 e. The Morgan fingerprint density at radius 2 is 2.00 bits per heavy atom. The van der Waals surface area contributed by atoms with Crippen molar-refractivity contribution in [2.24, 2.45) is 0 Å². The minimum atomic E-state index is 0.233. The zero-order valence-electron chi connectivity index (χ0n) is 10.4. The third-order valence-electron chi connectivity index (χ3n) is 1.93. The normalized spacial score (nSPS) is 11.8. The Hall–Kier alpha value is -0.280. The van der Waals surface area contributed by atoms with E-state index in [1.807, 2.05) is 17.8 Å². The Morgan fingerprint density at radius 3 is 2.56 bits per heavy atom. The maximum absolute atomic E-state index is 5.98. The van der Waals surface area contributed by atoms with Gasteiger partial charge in [0, 0.05) is 10.4 Å². The lowest BCUT2D eigenvalue weighted by Gasteiger charge is -2.16. The third-order valence-corrected chi connectivity index (χ3v) is 3.40. The predicted octanol–water partition coefficient (Wildman–Crippen LogP) is 4.11. The van der Waals surface area contributed by atoms with Crippen molar-refractivity contribution in [3.63, 3.8) is 0 Å². The van der Waals surface area contributed by atoms with E-state index >= 15 is 0 Å². The lowest BCUT2D eigenvalue weighted by atomic mass is 10.2. The van der Waals surface area contributed by atoms with Crippen LogP contribution in [0.3, 0.4) is 0 Å². The molecule has 0 aliphatic rings. The van der Waals surface area contributed by atoms with Crippen LogP contribution in [-0.2, 0) is 12.2 Å². The van der Waals surface area contributed by atoms with Gasteiger partial charge in [0.05, 0.1) is 5.75 Å². The van der Waals surface area contributed by atoms with Gasteiger partial charge in [-0.3, -0.25) is 0 Å². The molecule has 1 heterocycles. The summed E-state index contributed by atoms with van der Waals surface area (Å²) in [4.78, 5) is 8.76. The second-order valence-electron chi connectivity index (χ2n) is 4.75. The molecule has 0 spiro atoms. The molecule has 0 bridgehead atoms. The Labute approximate surface area is 107 Å². The van der Waals surface area contributed by atoms with Crippen molar-refractivity contribution in [1.29, 1.82) is 0 Å². The van der Waals surface area contributed by atoms with E-state index < -0.39 is 0 Å². The quantitative estimate of drug-likeness (QED) is 0.760. The molecule has 0 aliphatic carbocycles. The average molecular weight is 259 g/mol. The van der Waals surface area contributed by atoms with Crippen molar-refractivity contribution in [3.05, 3.63) is 22.7 Å². The summed E-state index contributed by atoms with van der Waals surface area (Å²) in [7, 11) is 0. The minimum absolute atomic E-state index is 0.233. The molecule has 2 nitrogen and oxygen atoms in total. The number of halogens is 1. The van der Waals surface area contributed by atoms with Gasteiger partial charge in [-0.25, -0.2) is 9.97 Å². The van der Waals surface area contributed by atoms with Crippen LogP contribution < -0.4 is 0 Å². The molecular weight excluding hydrogens is 240 g/mol. The molecule has 0 aliphatic heterocycles. The number of rotatable bonds is 4. The van der Waals surface area contributed by atoms with Crippen LogP contribution in [0.2, 0.25) is 5.15 Å². The molecule has 0 unspecified atom stereocenters. The third kappa shape index (κ3) is 5.17. The van der Waals surface area contributed by atoms with Gasteiger partial charge in [-0.1, -0.05) is 45.7 Å². The van der Waals surface area contributed by atoms with Crippen LogP contribution in [0.5, 0.6) is 0 Å². The highest BCUT2D eigenvalue weighted by atomic mass is 35.5. The summed E-state index contributed by atoms with van der Waals surface area (Å²) in [6.07, 6.45) is 2.05. The van der Waals surface area contributed by atoms with Crippen LogP contribution in [0.1, 0.15) is 45.6 Å². The maximum atomic E-state index is 5.98. The zero-order valence-corrected chi connectivity index (χ0v) is 12.0. The fourth-order valence-electron chi connectivity index (χ4n) is 1.25. The Morgan fingerprint density at radius 1 is 1.31 bits per heavy atom. The van der Waals surface area contributed by atoms with E-state index in [0.29, 0.717) is 5.15 Å². The van der Waals surface area contributed by atoms with Gasteiger partial charge in [0.15, 0.2) is 0 Å². The van der Waals surface area contributed by atoms with Crippen molar-refractivity contribution >= 4 is 23.4 Å². The first-order chi connectivity index (χ1) is 7.40. The summed E-state index contributed by atoms with van der Waals surface area (Å²) in [6.45, 7) is 8.71. The van der Waals surface area contributed by atoms with Crippen LogP contribution in [0.25, 0.3) is 0 Å². The zero-order chi connectivity index (χ0) is 12.2. The van der Waals surface area contributed by atoms with Crippen LogP contribution in [0.15, 0.2) is 6.07 Å². The first kappa shape index (κ1) is 13.8. The summed E-state index contributed by atoms with van der Waals surface area (Å²) in [5.41, 5.74) is 1.05. The average Bonchev–Trinajstić information content (AvgIpc) is 2.13. The highest BCUT2D eigenvalue weighted by molar-refractivity contribution is 7.99. The van der Waals surface area contributed by atoms with Crippen molar-refractivity contribution in [2.75, 3.05) is 0 Å². The Balaban J connectivity index is 2.72. The predicted molar refractivity (Wildman–Crippen MR) is 72.1 cm³/mol. The fraction of sp³-hybridized carbons (Fsp3) is 0.667. The van der Waals surface area contributed by atoms with Gasteiger partial charge in [0.2, 0.25) is 0 Å². The van der Waals surface area contributed by atoms with Crippen molar-refractivity contribution in [1.82, 2.24) is 9.97 Å². The smallest absolute Gasteiger partial charge is 0.140 e. The summed E-state index contributed by atoms with van der Waals surface area (Å²) >= 11 is 7.81. The minimum Gasteiger partial charge on any atom is -0.237 e. The first-order valence-corrected chi connectivity index (χ1v) is 6.93. The number of hydrogen-bond donors (Lipinski definition) is 0. The van der Waals surface area contributed by atoms with E-state index in [-0.39, 0.29) is 4.75 Å². The molecule has 0 radical (unpaired) electrons. The summed E-state index contributed by atoms with van der Waals surface area (Å²) < 4.78 is 0.233. The summed E-state index contributed by atoms with van der Waals surface area (Å²) in [6, 6.07) is 1.86. The van der Waals surface area contributed by atoms with Crippen molar-refractivity contribution in [2.45, 2.75) is 51.0 Å². The van der Waals surface area contributed by atoms with E-state index in [0.717, 1.165) is 30.1 Å². The lowest BCUT2D eigenvalue weighted by Crippen LogP contribution is -2.09. The standard InChI is InChI=1S/C12H19ClN2S/c1-5-6-9-7-10(13)15-11(14-9)8-16-12(2,3)4/h7H,5-6,8H2,1-4H3. The monoisotopic (exact) mass is 258 g/mol. The van der Waals surface area contributed by atoms with E-state index in [2.05, 4.69) is 37.7 Å². The number of hydrogen-bond acceptors (Lipinski definition) is 3. The van der Waals surface area contributed by atoms with Gasteiger partial charge >= 0.3 is 0 Å². The maximum Gasteiger partial charge on any atom is 0.140 e. The molecule has 90 valence electrons. The number of aryl methyl sites for hydroxylation is 1. The van der Waals surface area contributed by atoms with E-state index in [9.17, 15) is 0 Å². The second kappa shape index (κ2) is 5.87. The molecule has 0 N–H and O–H groups in total. The highest BCUT2D eigenvalue weighted by Gasteiger charge is 2.12. The van der Waals surface area contributed by atoms with E-state index in [1.54, 1.807) is 0 Å². The number of nitrogens with zero attached hydrogens (tertiary/aromatic N) is 2. The molecule has 0 saturated carbocycles. The molecule has 0 saturated heterocycles. The Bertz CT molecular complexity index is 347. The van der Waals surface area contributed by atoms with Gasteiger partial charge in [-0.15, -0.1) is 11.8 Å². The van der Waals surface area contributed by atoms with E-state index in [4.69, 9.17) is 11.6 Å². The molecule has 0 fully saturated rings. The van der Waals surface area contributed by atoms with E-state index in [1.165, 1.54) is 0 Å². The second-order valence-corrected chi connectivity index (χ2v) is 6.94. The highest BCUT2D eigenvalue weighted by Crippen LogP contribution is 2.26. The molecule has 4 heteroatoms. The molecule has 1 aromatic rings. The number of thioether (sulfide) groups is 1. The van der Waals surface area contributed by atoms with Gasteiger partial charge in [0.25, 0.3) is 0 Å². The molecule has 0 atom stereocenters. The number of aromatic nitrogens is 2. The van der Waals surface area contributed by atoms with Crippen molar-refractivity contribution < 1.29 is 0 Å². The van der Waals surface area contributed by atoms with Crippen LogP contribution in [0.4, 0.5) is 0 Å². The van der Waals surface area contributed by atoms with Gasteiger partial charge < -0.3 is 0 Å². The summed E-state index contributed by atoms with van der Waals surface area (Å²) in [5, 5.41) is 0.558. The molecule has 1 rings (SSSR count). The molecule has 0 amide bonds. The Kier molecular flexibility index (Phi) is 5.06. The topological polar surface area (TPSA) is 25.8 Å². The van der Waals surface area contributed by atoms with Crippen LogP contribution in [0, 0.1) is 0 Å². The van der Waals surface area contributed by atoms with Crippen LogP contribution in [-0.4, -0.2) is 14.7 Å². The first-order valence-electron chi connectivity index (χ1n) is 5.57. The molecular formula is C12H19ClN2S. The summed E-state index contributed by atoms with van der Waals surface area (Å²) in [5.74, 6) is 1.66. The fourth-order valence-corrected chi connectivity index (χ4v) is 2.16. The lowest BCUT2D eigenvalue weighted by molar-refractivity contribution is 0.797.